The van der Waals surface area contributed by atoms with E-state index in [1.54, 1.807) is 35.3 Å². The molecule has 0 radical (unpaired) electrons. The molecule has 0 amide bonds. The van der Waals surface area contributed by atoms with Gasteiger partial charge >= 0.3 is 0 Å². The molecule has 2 heterocycles. The summed E-state index contributed by atoms with van der Waals surface area (Å²) in [7, 11) is 0. The van der Waals surface area contributed by atoms with E-state index in [-0.39, 0.29) is 11.9 Å². The summed E-state index contributed by atoms with van der Waals surface area (Å²) in [6.45, 7) is 4.11. The Morgan fingerprint density at radius 1 is 1.20 bits per heavy atom. The van der Waals surface area contributed by atoms with Crippen molar-refractivity contribution in [2.24, 2.45) is 5.34 Å². The fourth-order valence-electron chi connectivity index (χ4n) is 2.97. The molecular formula is C23H22Cl3N3O5S. The summed E-state index contributed by atoms with van der Waals surface area (Å²) in [5.74, 6) is 0.167. The van der Waals surface area contributed by atoms with E-state index < -0.39 is 0 Å². The molecule has 0 unspecified atom stereocenters. The van der Waals surface area contributed by atoms with Gasteiger partial charge in [-0.2, -0.15) is 10.2 Å². The first-order chi connectivity index (χ1) is 16.8. The van der Waals surface area contributed by atoms with Gasteiger partial charge in [0.15, 0.2) is 5.34 Å². The Balaban J connectivity index is 0.000000473. The first-order valence-corrected chi connectivity index (χ1v) is 12.1. The van der Waals surface area contributed by atoms with E-state index in [9.17, 15) is 4.79 Å². The maximum Gasteiger partial charge on any atom is 0.190 e. The van der Waals surface area contributed by atoms with Crippen molar-refractivity contribution in [2.75, 3.05) is 0 Å². The van der Waals surface area contributed by atoms with E-state index >= 15 is 0 Å². The van der Waals surface area contributed by atoms with E-state index in [2.05, 4.69) is 21.4 Å². The molecule has 8 nitrogen and oxygen atoms in total. The number of ketones is 1. The van der Waals surface area contributed by atoms with Gasteiger partial charge in [-0.1, -0.05) is 53.0 Å². The van der Waals surface area contributed by atoms with Crippen molar-refractivity contribution in [3.8, 4) is 0 Å². The lowest BCUT2D eigenvalue weighted by atomic mass is 10.1. The van der Waals surface area contributed by atoms with E-state index in [1.807, 2.05) is 35.0 Å². The fourth-order valence-corrected chi connectivity index (χ4v) is 4.77. The minimum absolute atomic E-state index is 0.167. The zero-order chi connectivity index (χ0) is 25.8. The van der Waals surface area contributed by atoms with Gasteiger partial charge in [0.2, 0.25) is 0 Å². The lowest BCUT2D eigenvalue weighted by molar-refractivity contribution is -0.245. The molecule has 1 N–H and O–H groups in total. The molecule has 2 aromatic heterocycles. The van der Waals surface area contributed by atoms with Crippen molar-refractivity contribution in [2.45, 2.75) is 33.1 Å². The van der Waals surface area contributed by atoms with E-state index in [0.717, 1.165) is 26.2 Å². The van der Waals surface area contributed by atoms with Gasteiger partial charge in [0.25, 0.3) is 0 Å². The van der Waals surface area contributed by atoms with Gasteiger partial charge in [0.05, 0.1) is 29.2 Å². The van der Waals surface area contributed by atoms with Crippen LogP contribution in [0.1, 0.15) is 31.1 Å². The average molecular weight is 559 g/mol. The van der Waals surface area contributed by atoms with Crippen LogP contribution >= 0.6 is 46.1 Å². The number of hydrogen-bond acceptors (Lipinski definition) is 8. The summed E-state index contributed by atoms with van der Waals surface area (Å²) in [6, 6.07) is 11.4. The minimum atomic E-state index is -0.238. The molecule has 0 saturated heterocycles. The lowest BCUT2D eigenvalue weighted by Crippen LogP contribution is -2.12. The standard InChI is InChI=1S/C20H15Cl3N2OS.C3H6O.HNO3/c21-14-4-5-16(18(23)8-14)19(9-25-7-6-24-12-25)26-10-13-11-27-20-15(13)2-1-3-17(20)22;1-3(2)4;2-1-4-3/h1-8,11-12,19H,9-10H2;1-2H3;3H/t19-;;/m0../s1. The number of hydrogen-bond donors (Lipinski definition) is 1. The Morgan fingerprint density at radius 2 is 1.91 bits per heavy atom. The Kier molecular flexibility index (Phi) is 12.1. The Hall–Kier alpha value is -2.53. The maximum absolute atomic E-state index is 9.44. The first-order valence-electron chi connectivity index (χ1n) is 10.0. The van der Waals surface area contributed by atoms with Crippen LogP contribution in [-0.2, 0) is 27.7 Å². The van der Waals surface area contributed by atoms with Crippen LogP contribution in [0.2, 0.25) is 15.1 Å². The number of halogens is 3. The Bertz CT molecular complexity index is 1230. The van der Waals surface area contributed by atoms with Crippen molar-refractivity contribution < 1.29 is 19.8 Å². The Morgan fingerprint density at radius 3 is 2.51 bits per heavy atom. The molecule has 0 bridgehead atoms. The number of aromatic nitrogens is 2. The van der Waals surface area contributed by atoms with E-state index in [1.165, 1.54) is 13.8 Å². The van der Waals surface area contributed by atoms with Crippen molar-refractivity contribution >= 4 is 62.0 Å². The fraction of sp³-hybridized carbons (Fsp3) is 0.217. The molecule has 0 aliphatic heterocycles. The number of rotatable bonds is 7. The monoisotopic (exact) mass is 557 g/mol. The van der Waals surface area contributed by atoms with Crippen LogP contribution in [0, 0.1) is 4.91 Å². The van der Waals surface area contributed by atoms with Crippen LogP contribution in [0.4, 0.5) is 0 Å². The predicted molar refractivity (Wildman–Crippen MR) is 139 cm³/mol. The quantitative estimate of drug-likeness (QED) is 0.141. The van der Waals surface area contributed by atoms with Crippen LogP contribution < -0.4 is 0 Å². The number of carbonyl (C=O) groups excluding carboxylic acids is 1. The second-order valence-electron chi connectivity index (χ2n) is 7.17. The topological polar surface area (TPSA) is 103 Å². The molecular weight excluding hydrogens is 537 g/mol. The zero-order valence-electron chi connectivity index (χ0n) is 18.7. The molecule has 0 saturated carbocycles. The summed E-state index contributed by atoms with van der Waals surface area (Å²) < 4.78 is 9.35. The molecule has 35 heavy (non-hydrogen) atoms. The summed E-state index contributed by atoms with van der Waals surface area (Å²) in [6.07, 6.45) is 5.17. The van der Waals surface area contributed by atoms with Crippen LogP contribution in [0.15, 0.2) is 65.8 Å². The highest BCUT2D eigenvalue weighted by molar-refractivity contribution is 7.18. The van der Waals surface area contributed by atoms with Crippen molar-refractivity contribution in [3.05, 3.63) is 91.6 Å². The lowest BCUT2D eigenvalue weighted by Gasteiger charge is -2.20. The molecule has 0 fully saturated rings. The van der Waals surface area contributed by atoms with Crippen LogP contribution in [-0.4, -0.2) is 20.6 Å². The second-order valence-corrected chi connectivity index (χ2v) is 9.30. The molecule has 12 heteroatoms. The van der Waals surface area contributed by atoms with Crippen LogP contribution in [0.25, 0.3) is 10.1 Å². The van der Waals surface area contributed by atoms with Crippen molar-refractivity contribution in [1.29, 1.82) is 0 Å². The average Bonchev–Trinajstić information content (AvgIpc) is 3.47. The number of nitrogens with zero attached hydrogens (tertiary/aromatic N) is 3. The van der Waals surface area contributed by atoms with Crippen molar-refractivity contribution in [1.82, 2.24) is 9.55 Å². The van der Waals surface area contributed by atoms with Gasteiger partial charge in [0.1, 0.15) is 11.9 Å². The summed E-state index contributed by atoms with van der Waals surface area (Å²) >= 11 is 20.4. The normalized spacial score (nSPS) is 11.0. The molecule has 0 aliphatic rings. The third-order valence-corrected chi connectivity index (χ3v) is 6.42. The molecule has 1 atom stereocenters. The molecule has 4 rings (SSSR count). The molecule has 2 aromatic carbocycles. The van der Waals surface area contributed by atoms with Crippen LogP contribution in [0.5, 0.6) is 0 Å². The van der Waals surface area contributed by atoms with Gasteiger partial charge in [-0.05, 0) is 48.4 Å². The SMILES string of the molecule is CC(C)=O.Clc1ccc([C@H](Cn2ccnc2)OCc2csc3c(Cl)cccc23)c(Cl)c1.O=NOO. The van der Waals surface area contributed by atoms with Gasteiger partial charge in [-0.25, -0.2) is 4.98 Å². The molecule has 0 spiro atoms. The first kappa shape index (κ1) is 28.7. The zero-order valence-corrected chi connectivity index (χ0v) is 21.8. The third-order valence-electron chi connectivity index (χ3n) is 4.35. The highest BCUT2D eigenvalue weighted by Gasteiger charge is 2.18. The number of imidazole rings is 1. The molecule has 0 aliphatic carbocycles. The smallest absolute Gasteiger partial charge is 0.190 e. The van der Waals surface area contributed by atoms with Gasteiger partial charge in [-0.15, -0.1) is 16.2 Å². The number of fused-ring (bicyclic) bond motifs is 1. The Labute approximate surface area is 220 Å². The molecule has 4 aromatic rings. The second kappa shape index (κ2) is 14.8. The number of Topliss-reactive ketones (excluding diaryl/α,β-unsaturated/α-hetero) is 1. The predicted octanol–water partition coefficient (Wildman–Crippen LogP) is 7.77. The van der Waals surface area contributed by atoms with Gasteiger partial charge in [0, 0.05) is 28.0 Å². The highest BCUT2D eigenvalue weighted by Crippen LogP contribution is 2.35. The number of carbonyl (C=O) groups is 1. The van der Waals surface area contributed by atoms with Crippen LogP contribution in [0.3, 0.4) is 0 Å². The largest absolute Gasteiger partial charge is 0.367 e. The minimum Gasteiger partial charge on any atom is -0.367 e. The number of ether oxygens (including phenoxy) is 1. The summed E-state index contributed by atoms with van der Waals surface area (Å²) in [5.41, 5.74) is 2.01. The highest BCUT2D eigenvalue weighted by atomic mass is 35.5. The summed E-state index contributed by atoms with van der Waals surface area (Å²) in [5, 5.41) is 13.6. The maximum atomic E-state index is 9.44. The van der Waals surface area contributed by atoms with E-state index in [0.29, 0.717) is 23.2 Å². The summed E-state index contributed by atoms with van der Waals surface area (Å²) in [4.78, 5) is 24.6. The van der Waals surface area contributed by atoms with Crippen molar-refractivity contribution in [3.63, 3.8) is 0 Å². The van der Waals surface area contributed by atoms with Gasteiger partial charge < -0.3 is 14.1 Å². The van der Waals surface area contributed by atoms with Gasteiger partial charge in [-0.3, -0.25) is 0 Å². The number of benzene rings is 2. The third kappa shape index (κ3) is 9.21. The number of thiophene rings is 1. The molecule has 186 valence electrons. The van der Waals surface area contributed by atoms with E-state index in [4.69, 9.17) is 49.7 Å².